The third-order valence-corrected chi connectivity index (χ3v) is 5.96. The van der Waals surface area contributed by atoms with Gasteiger partial charge in [-0.15, -0.1) is 11.3 Å². The third-order valence-electron chi connectivity index (χ3n) is 3.62. The largest absolute Gasteiger partial charge is 0.368 e. The lowest BCUT2D eigenvalue weighted by Crippen LogP contribution is -2.27. The van der Waals surface area contributed by atoms with Gasteiger partial charge in [0.2, 0.25) is 0 Å². The molecular formula is C14H19N3S2. The van der Waals surface area contributed by atoms with Crippen LogP contribution in [-0.4, -0.2) is 27.0 Å². The molecule has 3 nitrogen and oxygen atoms in total. The van der Waals surface area contributed by atoms with Crippen molar-refractivity contribution in [2.75, 3.05) is 17.6 Å². The summed E-state index contributed by atoms with van der Waals surface area (Å²) < 4.78 is 0.361. The van der Waals surface area contributed by atoms with E-state index in [1.807, 2.05) is 0 Å². The fraction of sp³-hybridized carbons (Fsp3) is 0.571. The van der Waals surface area contributed by atoms with Crippen molar-refractivity contribution in [3.63, 3.8) is 0 Å². The van der Waals surface area contributed by atoms with Gasteiger partial charge in [0, 0.05) is 17.7 Å². The molecule has 102 valence electrons. The molecule has 1 N–H and O–H groups in total. The number of thiophene rings is 1. The molecule has 3 rings (SSSR count). The van der Waals surface area contributed by atoms with Gasteiger partial charge in [-0.1, -0.05) is 6.92 Å². The van der Waals surface area contributed by atoms with Crippen molar-refractivity contribution >= 4 is 39.1 Å². The molecule has 3 heterocycles. The summed E-state index contributed by atoms with van der Waals surface area (Å²) in [7, 11) is 0. The van der Waals surface area contributed by atoms with Crippen LogP contribution in [0, 0.1) is 0 Å². The van der Waals surface area contributed by atoms with Crippen LogP contribution in [-0.2, 0) is 6.42 Å². The van der Waals surface area contributed by atoms with E-state index in [0.717, 1.165) is 34.8 Å². The second-order valence-electron chi connectivity index (χ2n) is 5.24. The van der Waals surface area contributed by atoms with E-state index in [2.05, 4.69) is 52.3 Å². The summed E-state index contributed by atoms with van der Waals surface area (Å²) in [5.74, 6) is 3.23. The second kappa shape index (κ2) is 5.29. The summed E-state index contributed by atoms with van der Waals surface area (Å²) in [5.41, 5.74) is 0. The Labute approximate surface area is 122 Å². The second-order valence-corrected chi connectivity index (χ2v) is 7.81. The summed E-state index contributed by atoms with van der Waals surface area (Å²) >= 11 is 3.77. The first kappa shape index (κ1) is 13.2. The monoisotopic (exact) mass is 293 g/mol. The van der Waals surface area contributed by atoms with Crippen molar-refractivity contribution in [2.45, 2.75) is 37.9 Å². The molecule has 0 bridgehead atoms. The summed E-state index contributed by atoms with van der Waals surface area (Å²) in [6.45, 7) is 5.44. The predicted molar refractivity (Wildman–Crippen MR) is 85.4 cm³/mol. The van der Waals surface area contributed by atoms with Gasteiger partial charge in [0.25, 0.3) is 0 Å². The van der Waals surface area contributed by atoms with E-state index in [-0.39, 0.29) is 0 Å². The van der Waals surface area contributed by atoms with Crippen LogP contribution in [0.4, 0.5) is 5.82 Å². The molecule has 2 aromatic rings. The van der Waals surface area contributed by atoms with E-state index in [0.29, 0.717) is 4.75 Å². The predicted octanol–water partition coefficient (Wildman–Crippen LogP) is 3.95. The Balaban J connectivity index is 1.85. The Hall–Kier alpha value is -0.810. The van der Waals surface area contributed by atoms with E-state index >= 15 is 0 Å². The molecule has 0 saturated carbocycles. The Morgan fingerprint density at radius 3 is 3.05 bits per heavy atom. The molecule has 1 unspecified atom stereocenters. The Morgan fingerprint density at radius 2 is 2.32 bits per heavy atom. The first-order chi connectivity index (χ1) is 9.20. The molecule has 5 heteroatoms. The van der Waals surface area contributed by atoms with Gasteiger partial charge in [0.1, 0.15) is 16.5 Å². The number of fused-ring (bicyclic) bond motifs is 1. The average molecular weight is 293 g/mol. The highest BCUT2D eigenvalue weighted by Gasteiger charge is 2.29. The fourth-order valence-electron chi connectivity index (χ4n) is 2.44. The van der Waals surface area contributed by atoms with Gasteiger partial charge in [0.05, 0.1) is 5.39 Å². The van der Waals surface area contributed by atoms with Crippen LogP contribution in [0.15, 0.2) is 11.4 Å². The van der Waals surface area contributed by atoms with Crippen LogP contribution >= 0.6 is 23.1 Å². The van der Waals surface area contributed by atoms with Crippen LogP contribution in [0.1, 0.15) is 32.5 Å². The maximum atomic E-state index is 4.66. The number of nitrogens with one attached hydrogen (secondary N) is 1. The number of nitrogens with zero attached hydrogens (tertiary/aromatic N) is 2. The first-order valence-corrected chi connectivity index (χ1v) is 8.69. The number of thioether (sulfide) groups is 1. The normalized spacial score (nSPS) is 23.1. The molecule has 0 amide bonds. The van der Waals surface area contributed by atoms with E-state index < -0.39 is 0 Å². The molecule has 1 saturated heterocycles. The minimum atomic E-state index is 0.361. The summed E-state index contributed by atoms with van der Waals surface area (Å²) in [6.07, 6.45) is 3.51. The van der Waals surface area contributed by atoms with Gasteiger partial charge in [-0.2, -0.15) is 11.8 Å². The number of aromatic nitrogens is 2. The van der Waals surface area contributed by atoms with Crippen molar-refractivity contribution in [2.24, 2.45) is 0 Å². The summed E-state index contributed by atoms with van der Waals surface area (Å²) in [6, 6.07) is 2.12. The average Bonchev–Trinajstić information content (AvgIpc) is 3.04. The van der Waals surface area contributed by atoms with Gasteiger partial charge in [-0.3, -0.25) is 0 Å². The minimum absolute atomic E-state index is 0.361. The molecule has 0 aromatic carbocycles. The van der Waals surface area contributed by atoms with Crippen molar-refractivity contribution < 1.29 is 0 Å². The molecule has 2 aromatic heterocycles. The fourth-order valence-corrected chi connectivity index (χ4v) is 4.47. The summed E-state index contributed by atoms with van der Waals surface area (Å²) in [4.78, 5) is 10.3. The zero-order valence-electron chi connectivity index (χ0n) is 11.4. The van der Waals surface area contributed by atoms with Crippen molar-refractivity contribution in [1.29, 1.82) is 0 Å². The lowest BCUT2D eigenvalue weighted by Gasteiger charge is -2.23. The van der Waals surface area contributed by atoms with Gasteiger partial charge in [0.15, 0.2) is 0 Å². The van der Waals surface area contributed by atoms with Gasteiger partial charge in [-0.05, 0) is 37.0 Å². The topological polar surface area (TPSA) is 37.8 Å². The molecule has 0 aliphatic carbocycles. The molecule has 1 fully saturated rings. The van der Waals surface area contributed by atoms with Crippen molar-refractivity contribution in [1.82, 2.24) is 9.97 Å². The van der Waals surface area contributed by atoms with Gasteiger partial charge in [-0.25, -0.2) is 9.97 Å². The molecule has 1 aliphatic rings. The highest BCUT2D eigenvalue weighted by molar-refractivity contribution is 8.00. The molecule has 0 spiro atoms. The Morgan fingerprint density at radius 1 is 1.42 bits per heavy atom. The van der Waals surface area contributed by atoms with Crippen LogP contribution < -0.4 is 5.32 Å². The molecule has 0 radical (unpaired) electrons. The molecule has 19 heavy (non-hydrogen) atoms. The minimum Gasteiger partial charge on any atom is -0.368 e. The number of rotatable bonds is 4. The van der Waals surface area contributed by atoms with E-state index in [9.17, 15) is 0 Å². The van der Waals surface area contributed by atoms with Crippen LogP contribution in [0.2, 0.25) is 0 Å². The van der Waals surface area contributed by atoms with Gasteiger partial charge >= 0.3 is 0 Å². The van der Waals surface area contributed by atoms with Gasteiger partial charge < -0.3 is 5.32 Å². The number of anilines is 1. The third kappa shape index (κ3) is 2.72. The molecular weight excluding hydrogens is 274 g/mol. The number of hydrogen-bond acceptors (Lipinski definition) is 5. The Kier molecular flexibility index (Phi) is 3.67. The maximum Gasteiger partial charge on any atom is 0.138 e. The smallest absolute Gasteiger partial charge is 0.138 e. The van der Waals surface area contributed by atoms with Crippen LogP contribution in [0.5, 0.6) is 0 Å². The zero-order valence-corrected chi connectivity index (χ0v) is 13.0. The standard InChI is InChI=1S/C14H19N3S2/c1-3-11-16-12(10-5-8-18-13(10)17-11)15-9-14(2)6-4-7-19-14/h5,8H,3-4,6-7,9H2,1-2H3,(H,15,16,17). The van der Waals surface area contributed by atoms with Crippen molar-refractivity contribution in [3.05, 3.63) is 17.3 Å². The van der Waals surface area contributed by atoms with Crippen LogP contribution in [0.25, 0.3) is 10.2 Å². The van der Waals surface area contributed by atoms with E-state index in [1.165, 1.54) is 18.6 Å². The lowest BCUT2D eigenvalue weighted by molar-refractivity contribution is 0.634. The quantitative estimate of drug-likeness (QED) is 0.926. The maximum absolute atomic E-state index is 4.66. The highest BCUT2D eigenvalue weighted by Crippen LogP contribution is 2.38. The number of hydrogen-bond donors (Lipinski definition) is 1. The first-order valence-electron chi connectivity index (χ1n) is 6.82. The highest BCUT2D eigenvalue weighted by atomic mass is 32.2. The lowest BCUT2D eigenvalue weighted by atomic mass is 10.1. The summed E-state index contributed by atoms with van der Waals surface area (Å²) in [5, 5.41) is 6.82. The SMILES string of the molecule is CCc1nc(NCC2(C)CCCS2)c2ccsc2n1. The molecule has 1 atom stereocenters. The van der Waals surface area contributed by atoms with E-state index in [4.69, 9.17) is 0 Å². The number of aryl methyl sites for hydroxylation is 1. The molecule has 1 aliphatic heterocycles. The van der Waals surface area contributed by atoms with Crippen LogP contribution in [0.3, 0.4) is 0 Å². The van der Waals surface area contributed by atoms with E-state index in [1.54, 1.807) is 11.3 Å². The Bertz CT molecular complexity index is 573. The zero-order chi connectivity index (χ0) is 13.3. The van der Waals surface area contributed by atoms with Crippen molar-refractivity contribution in [3.8, 4) is 0 Å².